The van der Waals surface area contributed by atoms with Gasteiger partial charge in [0, 0.05) is 35.5 Å². The second-order valence-electron chi connectivity index (χ2n) is 15.5. The van der Waals surface area contributed by atoms with Crippen LogP contribution in [0.3, 0.4) is 0 Å². The van der Waals surface area contributed by atoms with Gasteiger partial charge in [-0.05, 0) is 86.3 Å². The number of rotatable bonds is 8. The predicted octanol–water partition coefficient (Wildman–Crippen LogP) is 5.54. The SMILES string of the molecule is COC(=O)NC(C(=O)N1CCCC1c1nc2c([nH]1)CCc1cc(C#Cc3ccc4nc(C5CCCN5C(=O)C(NC(=O)OC)C(C)C)[nH]c4c3)ccc1-2)C(C)C. The Kier molecular flexibility index (Phi) is 11.0. The Balaban J connectivity index is 1.06. The maximum Gasteiger partial charge on any atom is 0.407 e. The summed E-state index contributed by atoms with van der Waals surface area (Å²) in [5.74, 6) is 7.66. The van der Waals surface area contributed by atoms with Crippen LogP contribution in [0.5, 0.6) is 0 Å². The van der Waals surface area contributed by atoms with Crippen LogP contribution in [0.4, 0.5) is 9.59 Å². The second kappa shape index (κ2) is 16.1. The number of aryl methyl sites for hydroxylation is 2. The van der Waals surface area contributed by atoms with Crippen molar-refractivity contribution in [1.82, 2.24) is 40.4 Å². The minimum atomic E-state index is -0.696. The summed E-state index contributed by atoms with van der Waals surface area (Å²) in [4.78, 5) is 71.8. The minimum Gasteiger partial charge on any atom is -0.453 e. The molecule has 56 heavy (non-hydrogen) atoms. The number of nitrogens with one attached hydrogen (secondary N) is 4. The molecular weight excluding hydrogens is 713 g/mol. The van der Waals surface area contributed by atoms with Crippen molar-refractivity contribution in [3.63, 3.8) is 0 Å². The molecule has 2 aromatic heterocycles. The number of hydrogen-bond donors (Lipinski definition) is 4. The number of amides is 4. The van der Waals surface area contributed by atoms with Crippen LogP contribution in [-0.4, -0.2) is 93.1 Å². The molecule has 14 nitrogen and oxygen atoms in total. The zero-order valence-corrected chi connectivity index (χ0v) is 32.8. The monoisotopic (exact) mass is 762 g/mol. The van der Waals surface area contributed by atoms with E-state index in [0.29, 0.717) is 13.1 Å². The first-order valence-electron chi connectivity index (χ1n) is 19.5. The first-order chi connectivity index (χ1) is 26.9. The van der Waals surface area contributed by atoms with Crippen molar-refractivity contribution in [2.24, 2.45) is 11.8 Å². The molecule has 0 saturated carbocycles. The molecular formula is C42H50N8O6. The molecule has 294 valence electrons. The zero-order chi connectivity index (χ0) is 39.7. The lowest BCUT2D eigenvalue weighted by Crippen LogP contribution is -2.51. The lowest BCUT2D eigenvalue weighted by Gasteiger charge is -2.30. The highest BCUT2D eigenvalue weighted by Gasteiger charge is 2.39. The normalized spacial score (nSPS) is 18.6. The number of aromatic amines is 2. The van der Waals surface area contributed by atoms with Crippen molar-refractivity contribution in [1.29, 1.82) is 0 Å². The van der Waals surface area contributed by atoms with E-state index in [4.69, 9.17) is 19.4 Å². The molecule has 3 aliphatic rings. The van der Waals surface area contributed by atoms with Gasteiger partial charge >= 0.3 is 12.2 Å². The van der Waals surface area contributed by atoms with Crippen LogP contribution < -0.4 is 10.6 Å². The van der Waals surface area contributed by atoms with Crippen molar-refractivity contribution >= 4 is 35.0 Å². The largest absolute Gasteiger partial charge is 0.453 e. The summed E-state index contributed by atoms with van der Waals surface area (Å²) in [7, 11) is 2.58. The number of imidazole rings is 2. The average Bonchev–Trinajstić information content (AvgIpc) is 4.02. The van der Waals surface area contributed by atoms with Gasteiger partial charge in [-0.2, -0.15) is 0 Å². The van der Waals surface area contributed by atoms with Gasteiger partial charge in [-0.1, -0.05) is 45.6 Å². The number of hydrogen-bond acceptors (Lipinski definition) is 8. The number of benzene rings is 2. The molecule has 2 saturated heterocycles. The molecule has 4 amide bonds. The molecule has 2 fully saturated rings. The number of aromatic nitrogens is 4. The molecule has 0 radical (unpaired) electrons. The second-order valence-corrected chi connectivity index (χ2v) is 15.5. The molecule has 4 unspecified atom stereocenters. The van der Waals surface area contributed by atoms with E-state index < -0.39 is 24.3 Å². The highest BCUT2D eigenvalue weighted by molar-refractivity contribution is 5.87. The third-order valence-electron chi connectivity index (χ3n) is 11.1. The van der Waals surface area contributed by atoms with Gasteiger partial charge in [-0.15, -0.1) is 0 Å². The summed E-state index contributed by atoms with van der Waals surface area (Å²) >= 11 is 0. The number of likely N-dealkylation sites (tertiary alicyclic amines) is 2. The average molecular weight is 763 g/mol. The summed E-state index contributed by atoms with van der Waals surface area (Å²) in [5, 5.41) is 5.41. The Hall–Kier alpha value is -5.84. The number of ether oxygens (including phenoxy) is 2. The maximum atomic E-state index is 13.7. The third-order valence-corrected chi connectivity index (χ3v) is 11.1. The molecule has 1 aliphatic carbocycles. The fourth-order valence-electron chi connectivity index (χ4n) is 8.16. The number of carbonyl (C=O) groups is 4. The zero-order valence-electron chi connectivity index (χ0n) is 32.8. The first kappa shape index (κ1) is 38.4. The summed E-state index contributed by atoms with van der Waals surface area (Å²) < 4.78 is 9.54. The molecule has 0 spiro atoms. The van der Waals surface area contributed by atoms with E-state index in [0.717, 1.165) is 89.3 Å². The van der Waals surface area contributed by atoms with Crippen LogP contribution in [-0.2, 0) is 31.9 Å². The molecule has 0 bridgehead atoms. The van der Waals surface area contributed by atoms with E-state index in [2.05, 4.69) is 44.6 Å². The summed E-state index contributed by atoms with van der Waals surface area (Å²) in [6.45, 7) is 8.81. The third kappa shape index (κ3) is 7.67. The maximum absolute atomic E-state index is 13.7. The van der Waals surface area contributed by atoms with Crippen LogP contribution in [0.1, 0.15) is 99.5 Å². The Bertz CT molecular complexity index is 2210. The van der Waals surface area contributed by atoms with E-state index in [1.165, 1.54) is 19.8 Å². The first-order valence-corrected chi connectivity index (χ1v) is 19.5. The van der Waals surface area contributed by atoms with E-state index >= 15 is 0 Å². The number of H-pyrrole nitrogens is 2. The van der Waals surface area contributed by atoms with Crippen molar-refractivity contribution < 1.29 is 28.7 Å². The predicted molar refractivity (Wildman–Crippen MR) is 209 cm³/mol. The van der Waals surface area contributed by atoms with E-state index in [1.54, 1.807) is 0 Å². The highest BCUT2D eigenvalue weighted by atomic mass is 16.5. The quantitative estimate of drug-likeness (QED) is 0.169. The number of carbonyl (C=O) groups excluding carboxylic acids is 4. The minimum absolute atomic E-state index is 0.104. The molecule has 14 heteroatoms. The van der Waals surface area contributed by atoms with Crippen molar-refractivity contribution in [3.05, 3.63) is 70.4 Å². The van der Waals surface area contributed by atoms with Gasteiger partial charge in [0.1, 0.15) is 23.7 Å². The van der Waals surface area contributed by atoms with Crippen LogP contribution >= 0.6 is 0 Å². The lowest BCUT2D eigenvalue weighted by molar-refractivity contribution is -0.136. The van der Waals surface area contributed by atoms with Crippen LogP contribution in [0.25, 0.3) is 22.3 Å². The smallest absolute Gasteiger partial charge is 0.407 e. The van der Waals surface area contributed by atoms with Gasteiger partial charge in [-0.25, -0.2) is 19.6 Å². The fraction of sp³-hybridized carbons (Fsp3) is 0.476. The highest BCUT2D eigenvalue weighted by Crippen LogP contribution is 2.38. The number of fused-ring (bicyclic) bond motifs is 4. The Morgan fingerprint density at radius 2 is 1.30 bits per heavy atom. The molecule has 4 aromatic rings. The Morgan fingerprint density at radius 1 is 0.750 bits per heavy atom. The summed E-state index contributed by atoms with van der Waals surface area (Å²) in [6, 6.07) is 10.3. The Morgan fingerprint density at radius 3 is 1.88 bits per heavy atom. The van der Waals surface area contributed by atoms with Gasteiger partial charge in [0.15, 0.2) is 0 Å². The van der Waals surface area contributed by atoms with E-state index in [-0.39, 0.29) is 35.7 Å². The molecule has 2 aliphatic heterocycles. The summed E-state index contributed by atoms with van der Waals surface area (Å²) in [5.41, 5.74) is 7.59. The van der Waals surface area contributed by atoms with Gasteiger partial charge in [0.2, 0.25) is 11.8 Å². The number of alkyl carbamates (subject to hydrolysis) is 2. The van der Waals surface area contributed by atoms with Crippen LogP contribution in [0.2, 0.25) is 0 Å². The molecule has 4 N–H and O–H groups in total. The number of nitrogens with zero attached hydrogens (tertiary/aromatic N) is 4. The van der Waals surface area contributed by atoms with Gasteiger partial charge in [0.25, 0.3) is 0 Å². The Labute approximate surface area is 326 Å². The van der Waals surface area contributed by atoms with Crippen molar-refractivity contribution in [3.8, 4) is 23.1 Å². The molecule has 2 aromatic carbocycles. The van der Waals surface area contributed by atoms with Gasteiger partial charge in [-0.3, -0.25) is 9.59 Å². The fourth-order valence-corrected chi connectivity index (χ4v) is 8.16. The van der Waals surface area contributed by atoms with E-state index in [9.17, 15) is 19.2 Å². The van der Waals surface area contributed by atoms with Crippen LogP contribution in [0.15, 0.2) is 36.4 Å². The van der Waals surface area contributed by atoms with Crippen molar-refractivity contribution in [2.45, 2.75) is 90.4 Å². The summed E-state index contributed by atoms with van der Waals surface area (Å²) in [6.07, 6.45) is 3.65. The standard InChI is InChI=1S/C42H50N8O6/c1-23(2)34(47-41(53)55-5)39(51)49-19-7-9-32(49)37-43-29-17-14-26(22-31(29)45-37)12-11-25-13-16-28-27(21-25)15-18-30-36(28)46-38(44-30)33-10-8-20-50(33)40(52)35(24(3)4)48-42(54)56-6/h13-14,16-17,21-24,32-35H,7-10,15,18-20H2,1-6H3,(H,43,45)(H,44,46)(H,47,53)(H,48,54). The van der Waals surface area contributed by atoms with E-state index in [1.807, 2.05) is 61.8 Å². The van der Waals surface area contributed by atoms with Crippen LogP contribution in [0, 0.1) is 23.7 Å². The van der Waals surface area contributed by atoms with Crippen molar-refractivity contribution in [2.75, 3.05) is 27.3 Å². The molecule has 4 heterocycles. The van der Waals surface area contributed by atoms with Gasteiger partial charge in [0.05, 0.1) is 43.0 Å². The number of methoxy groups -OCH3 is 2. The molecule has 4 atom stereocenters. The van der Waals surface area contributed by atoms with Gasteiger partial charge < -0.3 is 39.9 Å². The molecule has 7 rings (SSSR count). The lowest BCUT2D eigenvalue weighted by atomic mass is 9.91. The topological polar surface area (TPSA) is 175 Å².